The molecule has 0 bridgehead atoms. The van der Waals surface area contributed by atoms with Gasteiger partial charge >= 0.3 is 0 Å². The molecule has 2 aromatic heterocycles. The summed E-state index contributed by atoms with van der Waals surface area (Å²) in [6.07, 6.45) is 0. The molecule has 0 aliphatic heterocycles. The Morgan fingerprint density at radius 3 is 2.42 bits per heavy atom. The number of aromatic nitrogens is 4. The van der Waals surface area contributed by atoms with Gasteiger partial charge in [0.1, 0.15) is 11.0 Å². The van der Waals surface area contributed by atoms with E-state index in [0.717, 1.165) is 22.3 Å². The summed E-state index contributed by atoms with van der Waals surface area (Å²) in [5.41, 5.74) is 4.59. The first-order valence-electron chi connectivity index (χ1n) is 6.00. The van der Waals surface area contributed by atoms with Gasteiger partial charge in [-0.15, -0.1) is 0 Å². The zero-order valence-corrected chi connectivity index (χ0v) is 11.7. The topological polar surface area (TPSA) is 43.6 Å². The van der Waals surface area contributed by atoms with Crippen molar-refractivity contribution in [1.82, 2.24) is 19.7 Å². The Morgan fingerprint density at radius 2 is 1.74 bits per heavy atom. The Kier molecular flexibility index (Phi) is 2.75. The molecule has 0 spiro atoms. The van der Waals surface area contributed by atoms with Crippen LogP contribution >= 0.6 is 11.6 Å². The SMILES string of the molecule is Cc1ccc(-c2nc(Cl)c3c(n2)c(C)nn3C)cc1. The van der Waals surface area contributed by atoms with E-state index in [4.69, 9.17) is 11.6 Å². The van der Waals surface area contributed by atoms with Crippen LogP contribution < -0.4 is 0 Å². The van der Waals surface area contributed by atoms with Crippen LogP contribution in [0.25, 0.3) is 22.4 Å². The number of aryl methyl sites for hydroxylation is 3. The lowest BCUT2D eigenvalue weighted by Gasteiger charge is -2.03. The molecule has 3 rings (SSSR count). The molecule has 0 unspecified atom stereocenters. The molecular weight excluding hydrogens is 260 g/mol. The molecule has 0 radical (unpaired) electrons. The summed E-state index contributed by atoms with van der Waals surface area (Å²) in [7, 11) is 1.84. The lowest BCUT2D eigenvalue weighted by atomic mass is 10.1. The molecule has 4 nitrogen and oxygen atoms in total. The molecular formula is C14H13ClN4. The van der Waals surface area contributed by atoms with Gasteiger partial charge in [0, 0.05) is 12.6 Å². The maximum atomic E-state index is 6.25. The van der Waals surface area contributed by atoms with Crippen molar-refractivity contribution in [3.8, 4) is 11.4 Å². The number of fused-ring (bicyclic) bond motifs is 1. The third-order valence-electron chi connectivity index (χ3n) is 3.12. The lowest BCUT2D eigenvalue weighted by molar-refractivity contribution is 0.782. The number of rotatable bonds is 1. The highest BCUT2D eigenvalue weighted by molar-refractivity contribution is 6.33. The summed E-state index contributed by atoms with van der Waals surface area (Å²) in [6, 6.07) is 8.07. The van der Waals surface area contributed by atoms with E-state index >= 15 is 0 Å². The van der Waals surface area contributed by atoms with Gasteiger partial charge in [-0.05, 0) is 13.8 Å². The summed E-state index contributed by atoms with van der Waals surface area (Å²) in [6.45, 7) is 3.97. The summed E-state index contributed by atoms with van der Waals surface area (Å²) >= 11 is 6.25. The van der Waals surface area contributed by atoms with Gasteiger partial charge in [-0.3, -0.25) is 4.68 Å². The van der Waals surface area contributed by atoms with Crippen molar-refractivity contribution >= 4 is 22.6 Å². The Labute approximate surface area is 116 Å². The number of hydrogen-bond acceptors (Lipinski definition) is 3. The Bertz CT molecular complexity index is 759. The predicted molar refractivity (Wildman–Crippen MR) is 76.2 cm³/mol. The first-order chi connectivity index (χ1) is 9.06. The van der Waals surface area contributed by atoms with Crippen LogP contribution in [0, 0.1) is 13.8 Å². The molecule has 0 N–H and O–H groups in total. The maximum Gasteiger partial charge on any atom is 0.161 e. The molecule has 1 aromatic carbocycles. The van der Waals surface area contributed by atoms with Crippen LogP contribution in [0.1, 0.15) is 11.3 Å². The fraction of sp³-hybridized carbons (Fsp3) is 0.214. The molecule has 2 heterocycles. The minimum absolute atomic E-state index is 0.434. The molecule has 5 heteroatoms. The van der Waals surface area contributed by atoms with Gasteiger partial charge < -0.3 is 0 Å². The fourth-order valence-corrected chi connectivity index (χ4v) is 2.41. The molecule has 0 saturated carbocycles. The van der Waals surface area contributed by atoms with Crippen molar-refractivity contribution in [3.05, 3.63) is 40.7 Å². The summed E-state index contributed by atoms with van der Waals surface area (Å²) in [5.74, 6) is 0.633. The molecule has 0 amide bonds. The van der Waals surface area contributed by atoms with Crippen LogP contribution in [0.15, 0.2) is 24.3 Å². The standard InChI is InChI=1S/C14H13ClN4/c1-8-4-6-10(7-5-8)14-16-11-9(2)18-19(3)12(11)13(15)17-14/h4-7H,1-3H3. The summed E-state index contributed by atoms with van der Waals surface area (Å²) < 4.78 is 1.71. The monoisotopic (exact) mass is 272 g/mol. The summed E-state index contributed by atoms with van der Waals surface area (Å²) in [5, 5.41) is 4.76. The van der Waals surface area contributed by atoms with Gasteiger partial charge in [0.2, 0.25) is 0 Å². The number of halogens is 1. The molecule has 0 fully saturated rings. The average Bonchev–Trinajstić information content (AvgIpc) is 2.66. The molecule has 3 aromatic rings. The molecule has 19 heavy (non-hydrogen) atoms. The van der Waals surface area contributed by atoms with E-state index in [9.17, 15) is 0 Å². The van der Waals surface area contributed by atoms with Crippen LogP contribution in [-0.4, -0.2) is 19.7 Å². The molecule has 96 valence electrons. The Morgan fingerprint density at radius 1 is 1.05 bits per heavy atom. The van der Waals surface area contributed by atoms with Crippen molar-refractivity contribution in [2.75, 3.05) is 0 Å². The van der Waals surface area contributed by atoms with E-state index in [2.05, 4.69) is 15.1 Å². The van der Waals surface area contributed by atoms with Crippen LogP contribution in [0.3, 0.4) is 0 Å². The van der Waals surface area contributed by atoms with Crippen molar-refractivity contribution < 1.29 is 0 Å². The van der Waals surface area contributed by atoms with Crippen molar-refractivity contribution in [2.45, 2.75) is 13.8 Å². The van der Waals surface area contributed by atoms with Crippen LogP contribution in [0.2, 0.25) is 5.15 Å². The van der Waals surface area contributed by atoms with Crippen molar-refractivity contribution in [3.63, 3.8) is 0 Å². The average molecular weight is 273 g/mol. The molecule has 0 aliphatic rings. The van der Waals surface area contributed by atoms with Gasteiger partial charge in [0.25, 0.3) is 0 Å². The minimum atomic E-state index is 0.434. The Balaban J connectivity index is 2.26. The van der Waals surface area contributed by atoms with Crippen LogP contribution in [0.5, 0.6) is 0 Å². The van der Waals surface area contributed by atoms with Crippen molar-refractivity contribution in [2.24, 2.45) is 7.05 Å². The number of nitrogens with zero attached hydrogens (tertiary/aromatic N) is 4. The normalized spacial score (nSPS) is 11.2. The molecule has 0 atom stereocenters. The third kappa shape index (κ3) is 1.98. The van der Waals surface area contributed by atoms with Crippen LogP contribution in [0.4, 0.5) is 0 Å². The second-order valence-corrected chi connectivity index (χ2v) is 4.97. The third-order valence-corrected chi connectivity index (χ3v) is 3.38. The highest BCUT2D eigenvalue weighted by atomic mass is 35.5. The first kappa shape index (κ1) is 12.1. The zero-order valence-electron chi connectivity index (χ0n) is 11.0. The van der Waals surface area contributed by atoms with Gasteiger partial charge in [-0.2, -0.15) is 5.10 Å². The van der Waals surface area contributed by atoms with Gasteiger partial charge in [0.05, 0.1) is 5.69 Å². The fourth-order valence-electron chi connectivity index (χ4n) is 2.12. The van der Waals surface area contributed by atoms with Crippen molar-refractivity contribution in [1.29, 1.82) is 0 Å². The minimum Gasteiger partial charge on any atom is -0.263 e. The van der Waals surface area contributed by atoms with Crippen LogP contribution in [-0.2, 0) is 7.05 Å². The van der Waals surface area contributed by atoms with E-state index in [1.54, 1.807) is 4.68 Å². The van der Waals surface area contributed by atoms with Gasteiger partial charge in [0.15, 0.2) is 11.0 Å². The van der Waals surface area contributed by atoms with Gasteiger partial charge in [-0.25, -0.2) is 9.97 Å². The molecule has 0 saturated heterocycles. The number of benzene rings is 1. The number of hydrogen-bond donors (Lipinski definition) is 0. The largest absolute Gasteiger partial charge is 0.263 e. The maximum absolute atomic E-state index is 6.25. The first-order valence-corrected chi connectivity index (χ1v) is 6.38. The predicted octanol–water partition coefficient (Wildman–Crippen LogP) is 3.30. The Hall–Kier alpha value is -1.94. The summed E-state index contributed by atoms with van der Waals surface area (Å²) in [4.78, 5) is 8.95. The second kappa shape index (κ2) is 4.31. The van der Waals surface area contributed by atoms with E-state index in [1.807, 2.05) is 45.2 Å². The lowest BCUT2D eigenvalue weighted by Crippen LogP contribution is -1.95. The second-order valence-electron chi connectivity index (χ2n) is 4.61. The smallest absolute Gasteiger partial charge is 0.161 e. The molecule has 0 aliphatic carbocycles. The zero-order chi connectivity index (χ0) is 13.6. The van der Waals surface area contributed by atoms with E-state index in [1.165, 1.54) is 5.56 Å². The van der Waals surface area contributed by atoms with E-state index < -0.39 is 0 Å². The van der Waals surface area contributed by atoms with E-state index in [-0.39, 0.29) is 0 Å². The quantitative estimate of drug-likeness (QED) is 0.639. The van der Waals surface area contributed by atoms with Gasteiger partial charge in [-0.1, -0.05) is 41.4 Å². The van der Waals surface area contributed by atoms with E-state index in [0.29, 0.717) is 11.0 Å². The highest BCUT2D eigenvalue weighted by Gasteiger charge is 2.14. The highest BCUT2D eigenvalue weighted by Crippen LogP contribution is 2.26.